The molecule has 0 bridgehead atoms. The second-order valence-corrected chi connectivity index (χ2v) is 11.6. The third-order valence-corrected chi connectivity index (χ3v) is 8.92. The van der Waals surface area contributed by atoms with E-state index in [9.17, 15) is 13.2 Å². The summed E-state index contributed by atoms with van der Waals surface area (Å²) in [5.41, 5.74) is 1.35. The van der Waals surface area contributed by atoms with E-state index in [-0.39, 0.29) is 28.7 Å². The predicted octanol–water partition coefficient (Wildman–Crippen LogP) is 2.27. The van der Waals surface area contributed by atoms with E-state index in [1.54, 1.807) is 11.3 Å². The minimum absolute atomic E-state index is 0.0467. The van der Waals surface area contributed by atoms with Crippen LogP contribution in [0.5, 0.6) is 0 Å². The van der Waals surface area contributed by atoms with Crippen molar-refractivity contribution < 1.29 is 13.2 Å². The Bertz CT molecular complexity index is 984. The quantitative estimate of drug-likeness (QED) is 0.613. The molecule has 2 aliphatic rings. The monoisotopic (exact) mass is 411 g/mol. The van der Waals surface area contributed by atoms with Gasteiger partial charge in [-0.15, -0.1) is 11.3 Å². The molecule has 2 aromatic rings. The van der Waals surface area contributed by atoms with Crippen molar-refractivity contribution in [2.75, 3.05) is 11.5 Å². The van der Waals surface area contributed by atoms with Crippen LogP contribution in [-0.2, 0) is 27.5 Å². The molecular formula is C17H21N3O3S3. The summed E-state index contributed by atoms with van der Waals surface area (Å²) in [5, 5.41) is 4.52. The Hall–Kier alpha value is -1.19. The average Bonchev–Trinajstić information content (AvgIpc) is 3.20. The van der Waals surface area contributed by atoms with E-state index in [2.05, 4.69) is 15.3 Å². The lowest BCUT2D eigenvalue weighted by molar-refractivity contribution is -0.120. The lowest BCUT2D eigenvalue weighted by Crippen LogP contribution is -2.39. The van der Waals surface area contributed by atoms with E-state index in [1.807, 2.05) is 13.8 Å². The zero-order valence-corrected chi connectivity index (χ0v) is 17.2. The van der Waals surface area contributed by atoms with Gasteiger partial charge in [0.15, 0.2) is 9.84 Å². The standard InChI is InChI=1S/C17H21N3O3S3/c1-9(15(21)20-11-6-7-26(22,23)8-11)24-16-14-12-4-3-5-13(12)25-17(14)19-10(2)18-16/h9,11H,3-8H2,1-2H3,(H,20,21)/t9-,11-/m1/s1. The number of hydrogen-bond acceptors (Lipinski definition) is 7. The number of nitrogens with one attached hydrogen (secondary N) is 1. The van der Waals surface area contributed by atoms with Gasteiger partial charge in [-0.1, -0.05) is 11.8 Å². The van der Waals surface area contributed by atoms with Crippen LogP contribution in [0, 0.1) is 6.92 Å². The van der Waals surface area contributed by atoms with E-state index in [0.717, 1.165) is 33.9 Å². The highest BCUT2D eigenvalue weighted by Gasteiger charge is 2.31. The van der Waals surface area contributed by atoms with Crippen molar-refractivity contribution in [3.63, 3.8) is 0 Å². The smallest absolute Gasteiger partial charge is 0.233 e. The average molecular weight is 412 g/mol. The fourth-order valence-corrected chi connectivity index (χ4v) is 7.67. The Kier molecular flexibility index (Phi) is 4.73. The van der Waals surface area contributed by atoms with Gasteiger partial charge in [0.25, 0.3) is 0 Å². The van der Waals surface area contributed by atoms with Gasteiger partial charge in [0, 0.05) is 16.3 Å². The molecular weight excluding hydrogens is 390 g/mol. The molecule has 1 saturated heterocycles. The number of sulfone groups is 1. The zero-order valence-electron chi connectivity index (χ0n) is 14.7. The summed E-state index contributed by atoms with van der Waals surface area (Å²) >= 11 is 3.19. The molecule has 0 spiro atoms. The maximum absolute atomic E-state index is 12.5. The normalized spacial score (nSPS) is 22.5. The number of carbonyl (C=O) groups is 1. The molecule has 1 aliphatic heterocycles. The summed E-state index contributed by atoms with van der Waals surface area (Å²) < 4.78 is 23.1. The van der Waals surface area contributed by atoms with E-state index >= 15 is 0 Å². The van der Waals surface area contributed by atoms with Crippen molar-refractivity contribution in [2.45, 2.75) is 55.8 Å². The van der Waals surface area contributed by atoms with Crippen LogP contribution in [0.4, 0.5) is 0 Å². The number of aromatic nitrogens is 2. The number of fused-ring (bicyclic) bond motifs is 3. The number of rotatable bonds is 4. The van der Waals surface area contributed by atoms with Gasteiger partial charge in [0.05, 0.1) is 16.8 Å². The molecule has 2 aromatic heterocycles. The van der Waals surface area contributed by atoms with Crippen molar-refractivity contribution in [2.24, 2.45) is 0 Å². The molecule has 0 unspecified atom stereocenters. The molecule has 1 aliphatic carbocycles. The van der Waals surface area contributed by atoms with Crippen molar-refractivity contribution in [1.29, 1.82) is 0 Å². The highest BCUT2D eigenvalue weighted by atomic mass is 32.2. The van der Waals surface area contributed by atoms with Gasteiger partial charge >= 0.3 is 0 Å². The van der Waals surface area contributed by atoms with Crippen LogP contribution >= 0.6 is 23.1 Å². The van der Waals surface area contributed by atoms with Gasteiger partial charge in [-0.3, -0.25) is 4.79 Å². The second kappa shape index (κ2) is 6.76. The third-order valence-electron chi connectivity index (χ3n) is 4.88. The molecule has 1 N–H and O–H groups in total. The topological polar surface area (TPSA) is 89.0 Å². The molecule has 4 rings (SSSR count). The van der Waals surface area contributed by atoms with E-state index < -0.39 is 9.84 Å². The van der Waals surface area contributed by atoms with Crippen LogP contribution < -0.4 is 5.32 Å². The number of amides is 1. The molecule has 3 heterocycles. The first-order chi connectivity index (χ1) is 12.3. The molecule has 1 fully saturated rings. The fraction of sp³-hybridized carbons (Fsp3) is 0.588. The van der Waals surface area contributed by atoms with E-state index in [0.29, 0.717) is 6.42 Å². The molecule has 26 heavy (non-hydrogen) atoms. The summed E-state index contributed by atoms with van der Waals surface area (Å²) in [6.07, 6.45) is 3.82. The maximum atomic E-state index is 12.5. The first kappa shape index (κ1) is 18.2. The van der Waals surface area contributed by atoms with Crippen LogP contribution in [-0.4, -0.2) is 47.1 Å². The van der Waals surface area contributed by atoms with Crippen LogP contribution in [0.15, 0.2) is 5.03 Å². The molecule has 1 amide bonds. The summed E-state index contributed by atoms with van der Waals surface area (Å²) in [6.45, 7) is 3.72. The Balaban J connectivity index is 1.54. The third kappa shape index (κ3) is 3.48. The molecule has 0 aromatic carbocycles. The van der Waals surface area contributed by atoms with Crippen molar-refractivity contribution >= 4 is 49.1 Å². The highest BCUT2D eigenvalue weighted by molar-refractivity contribution is 8.00. The van der Waals surface area contributed by atoms with Crippen LogP contribution in [0.1, 0.15) is 36.0 Å². The second-order valence-electron chi connectivity index (χ2n) is 6.98. The Morgan fingerprint density at radius 1 is 1.35 bits per heavy atom. The lowest BCUT2D eigenvalue weighted by atomic mass is 10.2. The van der Waals surface area contributed by atoms with Gasteiger partial charge in [0.1, 0.15) is 15.7 Å². The number of aryl methyl sites for hydroxylation is 3. The zero-order chi connectivity index (χ0) is 18.5. The fourth-order valence-electron chi connectivity index (χ4n) is 3.60. The predicted molar refractivity (Wildman–Crippen MR) is 105 cm³/mol. The van der Waals surface area contributed by atoms with Crippen LogP contribution in [0.2, 0.25) is 0 Å². The molecule has 9 heteroatoms. The SMILES string of the molecule is Cc1nc(S[C@H](C)C(=O)N[C@@H]2CCS(=O)(=O)C2)c2c3c(sc2n1)CCC3. The number of thioether (sulfide) groups is 1. The summed E-state index contributed by atoms with van der Waals surface area (Å²) in [6, 6.07) is -0.270. The lowest BCUT2D eigenvalue weighted by Gasteiger charge is -2.16. The van der Waals surface area contributed by atoms with Crippen molar-refractivity contribution in [3.8, 4) is 0 Å². The summed E-state index contributed by atoms with van der Waals surface area (Å²) in [4.78, 5) is 24.1. The molecule has 6 nitrogen and oxygen atoms in total. The minimum atomic E-state index is -3.00. The number of nitrogens with zero attached hydrogens (tertiary/aromatic N) is 2. The van der Waals surface area contributed by atoms with Gasteiger partial charge in [-0.25, -0.2) is 18.4 Å². The Morgan fingerprint density at radius 2 is 2.15 bits per heavy atom. The number of thiophene rings is 1. The maximum Gasteiger partial charge on any atom is 0.233 e. The van der Waals surface area contributed by atoms with Crippen molar-refractivity contribution in [1.82, 2.24) is 15.3 Å². The Morgan fingerprint density at radius 3 is 2.88 bits per heavy atom. The first-order valence-corrected chi connectivity index (χ1v) is 12.3. The minimum Gasteiger partial charge on any atom is -0.351 e. The van der Waals surface area contributed by atoms with Crippen LogP contribution in [0.3, 0.4) is 0 Å². The summed E-state index contributed by atoms with van der Waals surface area (Å²) in [7, 11) is -3.00. The van der Waals surface area contributed by atoms with Gasteiger partial charge in [0.2, 0.25) is 5.91 Å². The van der Waals surface area contributed by atoms with E-state index in [4.69, 9.17) is 0 Å². The first-order valence-electron chi connectivity index (χ1n) is 8.79. The summed E-state index contributed by atoms with van der Waals surface area (Å²) in [5.74, 6) is 0.792. The van der Waals surface area contributed by atoms with Crippen LogP contribution in [0.25, 0.3) is 10.2 Å². The van der Waals surface area contributed by atoms with Gasteiger partial charge in [-0.2, -0.15) is 0 Å². The highest BCUT2D eigenvalue weighted by Crippen LogP contribution is 2.41. The number of hydrogen-bond donors (Lipinski definition) is 1. The molecule has 0 radical (unpaired) electrons. The molecule has 2 atom stereocenters. The van der Waals surface area contributed by atoms with Gasteiger partial charge < -0.3 is 5.32 Å². The Labute approximate surface area is 161 Å². The largest absolute Gasteiger partial charge is 0.351 e. The molecule has 140 valence electrons. The van der Waals surface area contributed by atoms with Crippen molar-refractivity contribution in [3.05, 3.63) is 16.3 Å². The number of carbonyl (C=O) groups excluding carboxylic acids is 1. The van der Waals surface area contributed by atoms with E-state index in [1.165, 1.54) is 28.6 Å². The van der Waals surface area contributed by atoms with Gasteiger partial charge in [-0.05, 0) is 45.1 Å². The molecule has 0 saturated carbocycles.